The van der Waals surface area contributed by atoms with Crippen molar-refractivity contribution in [3.8, 4) is 5.75 Å². The number of likely N-dealkylation sites (tertiary alicyclic amines) is 1. The smallest absolute Gasteiger partial charge is 0.251 e. The zero-order chi connectivity index (χ0) is 20.7. The number of anilines is 1. The van der Waals surface area contributed by atoms with Crippen LogP contribution in [0, 0.1) is 0 Å². The lowest BCUT2D eigenvalue weighted by atomic mass is 9.95. The monoisotopic (exact) mass is 404 g/mol. The lowest BCUT2D eigenvalue weighted by Crippen LogP contribution is -2.45. The summed E-state index contributed by atoms with van der Waals surface area (Å²) in [4.78, 5) is 37.4. The van der Waals surface area contributed by atoms with Crippen LogP contribution in [0.3, 0.4) is 0 Å². The van der Waals surface area contributed by atoms with Gasteiger partial charge in [-0.15, -0.1) is 0 Å². The molecule has 2 aliphatic rings. The quantitative estimate of drug-likeness (QED) is 0.676. The third kappa shape index (κ3) is 3.25. The van der Waals surface area contributed by atoms with Crippen LogP contribution in [-0.2, 0) is 9.59 Å². The van der Waals surface area contributed by atoms with Crippen molar-refractivity contribution in [3.63, 3.8) is 0 Å². The number of piperidine rings is 1. The number of benzene rings is 2. The Labute approximate surface area is 174 Å². The molecule has 2 aliphatic heterocycles. The summed E-state index contributed by atoms with van der Waals surface area (Å²) in [5, 5.41) is 0. The summed E-state index contributed by atoms with van der Waals surface area (Å²) in [6.45, 7) is 1.55. The van der Waals surface area contributed by atoms with Crippen LogP contribution in [-0.4, -0.2) is 52.9 Å². The van der Waals surface area contributed by atoms with Crippen LogP contribution in [0.5, 0.6) is 5.75 Å². The predicted molar refractivity (Wildman–Crippen MR) is 114 cm³/mol. The van der Waals surface area contributed by atoms with E-state index < -0.39 is 0 Å². The maximum absolute atomic E-state index is 13.1. The summed E-state index contributed by atoms with van der Waals surface area (Å²) in [6, 6.07) is 14.8. The second kappa shape index (κ2) is 7.57. The van der Waals surface area contributed by atoms with Crippen molar-refractivity contribution in [2.45, 2.75) is 31.2 Å². The van der Waals surface area contributed by atoms with Gasteiger partial charge in [0.15, 0.2) is 0 Å². The van der Waals surface area contributed by atoms with Gasteiger partial charge >= 0.3 is 0 Å². The van der Waals surface area contributed by atoms with Gasteiger partial charge in [-0.05, 0) is 50.2 Å². The van der Waals surface area contributed by atoms with Gasteiger partial charge in [0.25, 0.3) is 5.91 Å². The third-order valence-electron chi connectivity index (χ3n) is 6.20. The molecule has 1 N–H and O–H groups in total. The molecule has 0 radical (unpaired) electrons. The first-order valence-electron chi connectivity index (χ1n) is 10.3. The van der Waals surface area contributed by atoms with Gasteiger partial charge in [-0.25, -0.2) is 9.88 Å². The summed E-state index contributed by atoms with van der Waals surface area (Å²) in [7, 11) is 1.57. The number of nitrogens with one attached hydrogen (secondary N) is 1. The van der Waals surface area contributed by atoms with Crippen molar-refractivity contribution in [1.82, 2.24) is 14.9 Å². The molecule has 2 aromatic carbocycles. The first-order chi connectivity index (χ1) is 14.6. The van der Waals surface area contributed by atoms with E-state index in [0.717, 1.165) is 42.8 Å². The van der Waals surface area contributed by atoms with Crippen molar-refractivity contribution in [1.29, 1.82) is 0 Å². The molecule has 0 bridgehead atoms. The molecular formula is C23H24N4O3. The lowest BCUT2D eigenvalue weighted by Gasteiger charge is -2.34. The topological polar surface area (TPSA) is 78.5 Å². The lowest BCUT2D eigenvalue weighted by molar-refractivity contribution is -0.123. The molecule has 3 heterocycles. The molecule has 0 spiro atoms. The number of hydrogen-bond acceptors (Lipinski definition) is 5. The number of methoxy groups -OCH3 is 1. The van der Waals surface area contributed by atoms with Gasteiger partial charge < -0.3 is 9.72 Å². The fourth-order valence-electron chi connectivity index (χ4n) is 4.57. The zero-order valence-electron chi connectivity index (χ0n) is 16.9. The molecule has 2 fully saturated rings. The molecule has 7 nitrogen and oxygen atoms in total. The fraction of sp³-hybridized carbons (Fsp3) is 0.348. The predicted octanol–water partition coefficient (Wildman–Crippen LogP) is 3.08. The number of carbonyl (C=O) groups is 2. The summed E-state index contributed by atoms with van der Waals surface area (Å²) in [6.07, 6.45) is 2.05. The van der Waals surface area contributed by atoms with Crippen LogP contribution >= 0.6 is 0 Å². The molecule has 1 aromatic heterocycles. The summed E-state index contributed by atoms with van der Waals surface area (Å²) < 4.78 is 5.24. The van der Waals surface area contributed by atoms with E-state index in [4.69, 9.17) is 9.72 Å². The maximum Gasteiger partial charge on any atom is 0.251 e. The Morgan fingerprint density at radius 3 is 2.63 bits per heavy atom. The minimum absolute atomic E-state index is 0.143. The molecule has 5 rings (SSSR count). The molecule has 7 heteroatoms. The van der Waals surface area contributed by atoms with Gasteiger partial charge in [-0.1, -0.05) is 18.2 Å². The second-order valence-electron chi connectivity index (χ2n) is 7.94. The van der Waals surface area contributed by atoms with E-state index in [1.54, 1.807) is 31.4 Å². The number of imide groups is 1. The molecule has 2 saturated heterocycles. The number of aromatic nitrogens is 2. The van der Waals surface area contributed by atoms with Crippen molar-refractivity contribution in [2.75, 3.05) is 25.1 Å². The fourth-order valence-corrected chi connectivity index (χ4v) is 4.57. The summed E-state index contributed by atoms with van der Waals surface area (Å²) in [5.74, 6) is 1.69. The average Bonchev–Trinajstić information content (AvgIpc) is 3.34. The molecule has 0 unspecified atom stereocenters. The van der Waals surface area contributed by atoms with Crippen LogP contribution in [0.4, 0.5) is 5.69 Å². The van der Waals surface area contributed by atoms with Crippen LogP contribution in [0.25, 0.3) is 11.0 Å². The van der Waals surface area contributed by atoms with Gasteiger partial charge in [0.05, 0.1) is 36.3 Å². The van der Waals surface area contributed by atoms with Crippen LogP contribution in [0.15, 0.2) is 48.5 Å². The number of rotatable bonds is 4. The minimum Gasteiger partial charge on any atom is -0.497 e. The normalized spacial score (nSPS) is 21.0. The van der Waals surface area contributed by atoms with Crippen molar-refractivity contribution >= 4 is 28.5 Å². The van der Waals surface area contributed by atoms with Crippen LogP contribution < -0.4 is 9.64 Å². The molecule has 30 heavy (non-hydrogen) atoms. The van der Waals surface area contributed by atoms with Crippen molar-refractivity contribution in [2.24, 2.45) is 0 Å². The van der Waals surface area contributed by atoms with Gasteiger partial charge in [0.2, 0.25) is 5.91 Å². The molecule has 0 aliphatic carbocycles. The number of H-pyrrole nitrogens is 1. The van der Waals surface area contributed by atoms with E-state index in [9.17, 15) is 9.59 Å². The zero-order valence-corrected chi connectivity index (χ0v) is 16.9. The van der Waals surface area contributed by atoms with Crippen LogP contribution in [0.1, 0.15) is 31.0 Å². The molecule has 0 saturated carbocycles. The van der Waals surface area contributed by atoms with Crippen LogP contribution in [0.2, 0.25) is 0 Å². The van der Waals surface area contributed by atoms with Gasteiger partial charge in [0, 0.05) is 12.0 Å². The highest BCUT2D eigenvalue weighted by atomic mass is 16.5. The number of fused-ring (bicyclic) bond motifs is 1. The van der Waals surface area contributed by atoms with Crippen molar-refractivity contribution in [3.05, 3.63) is 54.4 Å². The first-order valence-corrected chi connectivity index (χ1v) is 10.3. The number of aromatic amines is 1. The molecule has 1 atom stereocenters. The summed E-state index contributed by atoms with van der Waals surface area (Å²) >= 11 is 0. The van der Waals surface area contributed by atoms with E-state index >= 15 is 0 Å². The van der Waals surface area contributed by atoms with E-state index in [-0.39, 0.29) is 24.3 Å². The van der Waals surface area contributed by atoms with Gasteiger partial charge in [-0.2, -0.15) is 0 Å². The van der Waals surface area contributed by atoms with E-state index in [1.165, 1.54) is 4.90 Å². The minimum atomic E-state index is -0.389. The molecule has 2 amide bonds. The SMILES string of the molecule is COc1cccc(N2C(=O)C[C@@H](N3CCC(c4nc5ccccc5[nH]4)CC3)C2=O)c1. The average molecular weight is 404 g/mol. The van der Waals surface area contributed by atoms with Gasteiger partial charge in [0.1, 0.15) is 11.6 Å². The van der Waals surface area contributed by atoms with E-state index in [1.807, 2.05) is 24.3 Å². The summed E-state index contributed by atoms with van der Waals surface area (Å²) in [5.41, 5.74) is 2.62. The highest BCUT2D eigenvalue weighted by Crippen LogP contribution is 2.33. The van der Waals surface area contributed by atoms with E-state index in [0.29, 0.717) is 17.4 Å². The van der Waals surface area contributed by atoms with Gasteiger partial charge in [-0.3, -0.25) is 14.5 Å². The number of nitrogens with zero attached hydrogens (tertiary/aromatic N) is 3. The van der Waals surface area contributed by atoms with Crippen molar-refractivity contribution < 1.29 is 14.3 Å². The number of imidazole rings is 1. The number of amides is 2. The number of ether oxygens (including phenoxy) is 1. The molecule has 3 aromatic rings. The third-order valence-corrected chi connectivity index (χ3v) is 6.20. The first kappa shape index (κ1) is 18.8. The Morgan fingerprint density at radius 2 is 1.87 bits per heavy atom. The Bertz CT molecular complexity index is 1070. The Hall–Kier alpha value is -3.19. The highest BCUT2D eigenvalue weighted by Gasteiger charge is 2.43. The second-order valence-corrected chi connectivity index (χ2v) is 7.94. The largest absolute Gasteiger partial charge is 0.497 e. The maximum atomic E-state index is 13.1. The highest BCUT2D eigenvalue weighted by molar-refractivity contribution is 6.22. The molecular weight excluding hydrogens is 380 g/mol. The number of carbonyl (C=O) groups excluding carboxylic acids is 2. The number of para-hydroxylation sites is 2. The Kier molecular flexibility index (Phi) is 4.75. The molecule has 154 valence electrons. The van der Waals surface area contributed by atoms with E-state index in [2.05, 4.69) is 9.88 Å². The Morgan fingerprint density at radius 1 is 1.07 bits per heavy atom. The Balaban J connectivity index is 1.28. The standard InChI is InChI=1S/C23H24N4O3/c1-30-17-6-4-5-16(13-17)27-21(28)14-20(23(27)29)26-11-9-15(10-12-26)22-24-18-7-2-3-8-19(18)25-22/h2-8,13,15,20H,9-12,14H2,1H3,(H,24,25)/t20-/m1/s1. The number of hydrogen-bond donors (Lipinski definition) is 1.